The summed E-state index contributed by atoms with van der Waals surface area (Å²) in [5.41, 5.74) is 3.64. The van der Waals surface area contributed by atoms with E-state index in [2.05, 4.69) is 20.6 Å². The van der Waals surface area contributed by atoms with E-state index in [4.69, 9.17) is 9.47 Å². The fourth-order valence-corrected chi connectivity index (χ4v) is 3.24. The number of hydrogen-bond donors (Lipinski definition) is 2. The molecule has 2 N–H and O–H groups in total. The van der Waals surface area contributed by atoms with Crippen LogP contribution in [0.1, 0.15) is 10.4 Å². The molecule has 4 aromatic rings. The average molecular weight is 426 g/mol. The number of nitrogens with zero attached hydrogens (tertiary/aromatic N) is 2. The fourth-order valence-electron chi connectivity index (χ4n) is 3.24. The van der Waals surface area contributed by atoms with Gasteiger partial charge in [0.25, 0.3) is 5.91 Å². The highest BCUT2D eigenvalue weighted by Gasteiger charge is 2.13. The van der Waals surface area contributed by atoms with Gasteiger partial charge in [-0.2, -0.15) is 0 Å². The van der Waals surface area contributed by atoms with Gasteiger partial charge in [-0.05, 0) is 48.5 Å². The summed E-state index contributed by atoms with van der Waals surface area (Å²) in [5.74, 6) is 1.71. The van der Waals surface area contributed by atoms with Crippen molar-refractivity contribution in [3.63, 3.8) is 0 Å². The molecule has 0 spiro atoms. The largest absolute Gasteiger partial charge is 0.493 e. The van der Waals surface area contributed by atoms with Crippen LogP contribution >= 0.6 is 0 Å². The van der Waals surface area contributed by atoms with Crippen molar-refractivity contribution in [3.05, 3.63) is 90.8 Å². The zero-order valence-electron chi connectivity index (χ0n) is 17.7. The number of carbonyl (C=O) groups is 1. The molecule has 0 atom stereocenters. The van der Waals surface area contributed by atoms with Crippen molar-refractivity contribution in [1.82, 2.24) is 9.97 Å². The molecule has 0 aliphatic rings. The number of aromatic nitrogens is 2. The first-order chi connectivity index (χ1) is 15.7. The molecule has 0 saturated carbocycles. The first-order valence-electron chi connectivity index (χ1n) is 9.95. The highest BCUT2D eigenvalue weighted by molar-refractivity contribution is 6.04. The number of benzene rings is 3. The Labute approximate surface area is 186 Å². The molecule has 1 aromatic heterocycles. The van der Waals surface area contributed by atoms with Gasteiger partial charge in [0.2, 0.25) is 0 Å². The molecular weight excluding hydrogens is 404 g/mol. The summed E-state index contributed by atoms with van der Waals surface area (Å²) in [6, 6.07) is 24.0. The van der Waals surface area contributed by atoms with Crippen LogP contribution in [0.2, 0.25) is 0 Å². The molecule has 32 heavy (non-hydrogen) atoms. The number of methoxy groups -OCH3 is 2. The third kappa shape index (κ3) is 4.67. The molecule has 4 rings (SSSR count). The lowest BCUT2D eigenvalue weighted by Gasteiger charge is -2.13. The quantitative estimate of drug-likeness (QED) is 0.425. The summed E-state index contributed by atoms with van der Waals surface area (Å²) in [5, 5.41) is 6.14. The van der Waals surface area contributed by atoms with Gasteiger partial charge in [0, 0.05) is 28.6 Å². The van der Waals surface area contributed by atoms with Gasteiger partial charge in [0.05, 0.1) is 19.9 Å². The second-order valence-corrected chi connectivity index (χ2v) is 6.85. The van der Waals surface area contributed by atoms with E-state index in [-0.39, 0.29) is 5.91 Å². The first kappa shape index (κ1) is 20.9. The number of hydrogen-bond acceptors (Lipinski definition) is 6. The fraction of sp³-hybridized carbons (Fsp3) is 0.0800. The molecule has 3 aromatic carbocycles. The van der Waals surface area contributed by atoms with E-state index in [1.165, 1.54) is 6.33 Å². The Kier molecular flexibility index (Phi) is 6.27. The molecule has 7 nitrogen and oxygen atoms in total. The molecule has 0 radical (unpaired) electrons. The number of nitrogens with one attached hydrogen (secondary N) is 2. The number of ether oxygens (including phenoxy) is 2. The molecule has 7 heteroatoms. The first-order valence-corrected chi connectivity index (χ1v) is 9.95. The van der Waals surface area contributed by atoms with Gasteiger partial charge >= 0.3 is 0 Å². The van der Waals surface area contributed by atoms with E-state index in [9.17, 15) is 4.79 Å². The number of carbonyl (C=O) groups excluding carboxylic acids is 1. The van der Waals surface area contributed by atoms with Gasteiger partial charge in [-0.1, -0.05) is 24.3 Å². The van der Waals surface area contributed by atoms with E-state index >= 15 is 0 Å². The third-order valence-corrected chi connectivity index (χ3v) is 4.80. The van der Waals surface area contributed by atoms with Gasteiger partial charge in [0.1, 0.15) is 12.1 Å². The molecular formula is C25H22N4O3. The van der Waals surface area contributed by atoms with Crippen LogP contribution in [-0.2, 0) is 0 Å². The standard InChI is InChI=1S/C25H22N4O3/c1-31-22-10-6-9-20(24(22)32-2)21-15-23(27-16-26-21)28-18-11-13-19(14-12-18)29-25(30)17-7-4-3-5-8-17/h3-16H,1-2H3,(H,29,30)(H,26,27,28). The Morgan fingerprint density at radius 2 is 1.56 bits per heavy atom. The zero-order valence-corrected chi connectivity index (χ0v) is 17.7. The van der Waals surface area contributed by atoms with Crippen LogP contribution in [-0.4, -0.2) is 30.1 Å². The minimum absolute atomic E-state index is 0.154. The lowest BCUT2D eigenvalue weighted by atomic mass is 10.1. The predicted octanol–water partition coefficient (Wildman–Crippen LogP) is 5.16. The molecule has 1 amide bonds. The van der Waals surface area contributed by atoms with Crippen molar-refractivity contribution in [3.8, 4) is 22.8 Å². The highest BCUT2D eigenvalue weighted by atomic mass is 16.5. The Hall–Kier alpha value is -4.39. The van der Waals surface area contributed by atoms with Crippen LogP contribution in [0, 0.1) is 0 Å². The summed E-state index contributed by atoms with van der Waals surface area (Å²) in [7, 11) is 3.19. The summed E-state index contributed by atoms with van der Waals surface area (Å²) in [6.45, 7) is 0. The Morgan fingerprint density at radius 1 is 0.812 bits per heavy atom. The Balaban J connectivity index is 1.49. The van der Waals surface area contributed by atoms with Gasteiger partial charge in [0.15, 0.2) is 11.5 Å². The molecule has 0 fully saturated rings. The van der Waals surface area contributed by atoms with E-state index in [0.717, 1.165) is 11.3 Å². The van der Waals surface area contributed by atoms with E-state index < -0.39 is 0 Å². The number of amides is 1. The smallest absolute Gasteiger partial charge is 0.255 e. The van der Waals surface area contributed by atoms with Crippen molar-refractivity contribution in [1.29, 1.82) is 0 Å². The van der Waals surface area contributed by atoms with Gasteiger partial charge < -0.3 is 20.1 Å². The zero-order chi connectivity index (χ0) is 22.3. The second kappa shape index (κ2) is 9.61. The monoisotopic (exact) mass is 426 g/mol. The normalized spacial score (nSPS) is 10.3. The topological polar surface area (TPSA) is 85.4 Å². The molecule has 0 bridgehead atoms. The number of anilines is 3. The van der Waals surface area contributed by atoms with Crippen molar-refractivity contribution < 1.29 is 14.3 Å². The van der Waals surface area contributed by atoms with E-state index in [1.54, 1.807) is 26.4 Å². The van der Waals surface area contributed by atoms with Crippen LogP contribution in [0.15, 0.2) is 85.2 Å². The molecule has 1 heterocycles. The maximum atomic E-state index is 12.3. The van der Waals surface area contributed by atoms with Gasteiger partial charge in [-0.25, -0.2) is 9.97 Å². The number of rotatable bonds is 7. The van der Waals surface area contributed by atoms with Crippen molar-refractivity contribution in [2.24, 2.45) is 0 Å². The van der Waals surface area contributed by atoms with E-state index in [1.807, 2.05) is 66.7 Å². The van der Waals surface area contributed by atoms with Crippen LogP contribution in [0.3, 0.4) is 0 Å². The second-order valence-electron chi connectivity index (χ2n) is 6.85. The molecule has 0 unspecified atom stereocenters. The Morgan fingerprint density at radius 3 is 2.28 bits per heavy atom. The van der Waals surface area contributed by atoms with Crippen molar-refractivity contribution in [2.45, 2.75) is 0 Å². The highest BCUT2D eigenvalue weighted by Crippen LogP contribution is 2.37. The number of para-hydroxylation sites is 1. The maximum Gasteiger partial charge on any atom is 0.255 e. The third-order valence-electron chi connectivity index (χ3n) is 4.80. The summed E-state index contributed by atoms with van der Waals surface area (Å²) >= 11 is 0. The molecule has 160 valence electrons. The predicted molar refractivity (Wildman–Crippen MR) is 125 cm³/mol. The SMILES string of the molecule is COc1cccc(-c2cc(Nc3ccc(NC(=O)c4ccccc4)cc3)ncn2)c1OC. The van der Waals surface area contributed by atoms with E-state index in [0.29, 0.717) is 34.3 Å². The molecule has 0 aliphatic carbocycles. The summed E-state index contributed by atoms with van der Waals surface area (Å²) in [6.07, 6.45) is 1.49. The maximum absolute atomic E-state index is 12.3. The van der Waals surface area contributed by atoms with Crippen molar-refractivity contribution >= 4 is 23.1 Å². The molecule has 0 saturated heterocycles. The van der Waals surface area contributed by atoms with Crippen LogP contribution in [0.4, 0.5) is 17.2 Å². The van der Waals surface area contributed by atoms with Crippen LogP contribution in [0.25, 0.3) is 11.3 Å². The minimum Gasteiger partial charge on any atom is -0.493 e. The van der Waals surface area contributed by atoms with Crippen LogP contribution in [0.5, 0.6) is 11.5 Å². The average Bonchev–Trinajstić information content (AvgIpc) is 2.85. The Bertz CT molecular complexity index is 1210. The van der Waals surface area contributed by atoms with Crippen LogP contribution < -0.4 is 20.1 Å². The summed E-state index contributed by atoms with van der Waals surface area (Å²) < 4.78 is 10.9. The molecule has 0 aliphatic heterocycles. The lowest BCUT2D eigenvalue weighted by molar-refractivity contribution is 0.102. The lowest BCUT2D eigenvalue weighted by Crippen LogP contribution is -2.11. The van der Waals surface area contributed by atoms with Gasteiger partial charge in [-0.15, -0.1) is 0 Å². The summed E-state index contributed by atoms with van der Waals surface area (Å²) in [4.78, 5) is 21.0. The van der Waals surface area contributed by atoms with Crippen molar-refractivity contribution in [2.75, 3.05) is 24.9 Å². The van der Waals surface area contributed by atoms with Gasteiger partial charge in [-0.3, -0.25) is 4.79 Å². The minimum atomic E-state index is -0.154.